The average molecular weight is 268 g/mol. The van der Waals surface area contributed by atoms with Crippen LogP contribution in [-0.4, -0.2) is 44.6 Å². The van der Waals surface area contributed by atoms with Gasteiger partial charge in [-0.15, -0.1) is 0 Å². The molecule has 0 amide bonds. The van der Waals surface area contributed by atoms with Crippen molar-refractivity contribution in [2.75, 3.05) is 44.5 Å². The molecule has 0 bridgehead atoms. The summed E-state index contributed by atoms with van der Waals surface area (Å²) in [4.78, 5) is 11.0. The number of anilines is 2. The molecular weight excluding hydrogens is 248 g/mol. The highest BCUT2D eigenvalue weighted by atomic mass is 16.5. The molecule has 1 aromatic carbocycles. The van der Waals surface area contributed by atoms with Crippen LogP contribution in [0.15, 0.2) is 18.2 Å². The second kappa shape index (κ2) is 8.34. The Bertz CT molecular complexity index is 410. The summed E-state index contributed by atoms with van der Waals surface area (Å²) in [6, 6.07) is 4.79. The molecule has 0 radical (unpaired) electrons. The van der Waals surface area contributed by atoms with E-state index in [1.807, 2.05) is 0 Å². The zero-order chi connectivity index (χ0) is 14.1. The van der Waals surface area contributed by atoms with Crippen molar-refractivity contribution in [3.8, 4) is 0 Å². The fraction of sp³-hybridized carbons (Fsp3) is 0.462. The topological polar surface area (TPSA) is 93.8 Å². The van der Waals surface area contributed by atoms with Gasteiger partial charge in [0.2, 0.25) is 0 Å². The summed E-state index contributed by atoms with van der Waals surface area (Å²) in [6.45, 7) is 2.39. The number of hydrogen-bond acceptors (Lipinski definition) is 5. The van der Waals surface area contributed by atoms with E-state index < -0.39 is 5.97 Å². The number of rotatable bonds is 9. The first-order valence-corrected chi connectivity index (χ1v) is 6.08. The lowest BCUT2D eigenvalue weighted by molar-refractivity contribution is 0.0697. The van der Waals surface area contributed by atoms with Crippen molar-refractivity contribution in [2.45, 2.75) is 6.42 Å². The molecule has 6 heteroatoms. The summed E-state index contributed by atoms with van der Waals surface area (Å²) in [5.41, 5.74) is 6.75. The van der Waals surface area contributed by atoms with Gasteiger partial charge in [-0.2, -0.15) is 0 Å². The molecule has 0 fully saturated rings. The van der Waals surface area contributed by atoms with Gasteiger partial charge >= 0.3 is 5.97 Å². The van der Waals surface area contributed by atoms with Gasteiger partial charge in [-0.3, -0.25) is 0 Å². The molecule has 0 unspecified atom stereocenters. The maximum Gasteiger partial charge on any atom is 0.337 e. The lowest BCUT2D eigenvalue weighted by Crippen LogP contribution is -2.11. The van der Waals surface area contributed by atoms with Gasteiger partial charge in [0.15, 0.2) is 0 Å². The largest absolute Gasteiger partial charge is 0.478 e. The first kappa shape index (κ1) is 15.3. The first-order valence-electron chi connectivity index (χ1n) is 6.08. The third-order valence-corrected chi connectivity index (χ3v) is 2.49. The van der Waals surface area contributed by atoms with E-state index in [4.69, 9.17) is 20.3 Å². The minimum Gasteiger partial charge on any atom is -0.478 e. The van der Waals surface area contributed by atoms with Gasteiger partial charge in [0.1, 0.15) is 0 Å². The summed E-state index contributed by atoms with van der Waals surface area (Å²) < 4.78 is 10.2. The van der Waals surface area contributed by atoms with Crippen LogP contribution in [0.3, 0.4) is 0 Å². The number of hydrogen-bond donors (Lipinski definition) is 3. The summed E-state index contributed by atoms with van der Waals surface area (Å²) in [6.07, 6.45) is 0.785. The number of nitrogens with two attached hydrogens (primary N) is 1. The smallest absolute Gasteiger partial charge is 0.337 e. The number of carboxylic acids is 1. The number of benzene rings is 1. The number of aromatic carboxylic acids is 1. The molecule has 0 aliphatic heterocycles. The Hall–Kier alpha value is -1.79. The lowest BCUT2D eigenvalue weighted by atomic mass is 10.1. The molecule has 6 nitrogen and oxygen atoms in total. The SMILES string of the molecule is COCCOCCCNc1ccc(N)cc1C(=O)O. The van der Waals surface area contributed by atoms with Crippen molar-refractivity contribution in [3.05, 3.63) is 23.8 Å². The molecule has 0 aromatic heterocycles. The van der Waals surface area contributed by atoms with E-state index in [0.717, 1.165) is 6.42 Å². The van der Waals surface area contributed by atoms with E-state index in [9.17, 15) is 4.79 Å². The zero-order valence-electron chi connectivity index (χ0n) is 11.0. The van der Waals surface area contributed by atoms with E-state index >= 15 is 0 Å². The molecule has 19 heavy (non-hydrogen) atoms. The summed E-state index contributed by atoms with van der Waals surface area (Å²) in [5.74, 6) is -0.994. The quantitative estimate of drug-likeness (QED) is 0.463. The third kappa shape index (κ3) is 5.58. The molecule has 106 valence electrons. The molecule has 0 saturated heterocycles. The maximum atomic E-state index is 11.0. The Kier molecular flexibility index (Phi) is 6.70. The Morgan fingerprint density at radius 1 is 1.37 bits per heavy atom. The van der Waals surface area contributed by atoms with Gasteiger partial charge in [-0.05, 0) is 24.6 Å². The predicted molar refractivity (Wildman–Crippen MR) is 73.6 cm³/mol. The Balaban J connectivity index is 2.35. The standard InChI is InChI=1S/C13H20N2O4/c1-18-7-8-19-6-2-5-15-12-4-3-10(14)9-11(12)13(16)17/h3-4,9,15H,2,5-8,14H2,1H3,(H,16,17). The number of carboxylic acid groups (broad SMARTS) is 1. The molecule has 1 aromatic rings. The van der Waals surface area contributed by atoms with Crippen molar-refractivity contribution in [2.24, 2.45) is 0 Å². The molecule has 0 atom stereocenters. The van der Waals surface area contributed by atoms with Crippen LogP contribution in [0.25, 0.3) is 0 Å². The number of ether oxygens (including phenoxy) is 2. The van der Waals surface area contributed by atoms with Crippen molar-refractivity contribution in [3.63, 3.8) is 0 Å². The number of methoxy groups -OCH3 is 1. The third-order valence-electron chi connectivity index (χ3n) is 2.49. The molecule has 0 heterocycles. The summed E-state index contributed by atoms with van der Waals surface area (Å²) in [7, 11) is 1.62. The van der Waals surface area contributed by atoms with E-state index in [1.54, 1.807) is 19.2 Å². The van der Waals surface area contributed by atoms with Gasteiger partial charge in [-0.1, -0.05) is 0 Å². The van der Waals surface area contributed by atoms with Crippen LogP contribution < -0.4 is 11.1 Å². The van der Waals surface area contributed by atoms with Crippen LogP contribution in [-0.2, 0) is 9.47 Å². The van der Waals surface area contributed by atoms with Crippen molar-refractivity contribution >= 4 is 17.3 Å². The number of nitrogens with one attached hydrogen (secondary N) is 1. The highest BCUT2D eigenvalue weighted by Gasteiger charge is 2.09. The van der Waals surface area contributed by atoms with Crippen LogP contribution in [0.5, 0.6) is 0 Å². The van der Waals surface area contributed by atoms with Crippen molar-refractivity contribution in [1.29, 1.82) is 0 Å². The molecule has 0 aliphatic carbocycles. The Morgan fingerprint density at radius 3 is 2.84 bits per heavy atom. The average Bonchev–Trinajstić information content (AvgIpc) is 2.39. The summed E-state index contributed by atoms with van der Waals surface area (Å²) >= 11 is 0. The highest BCUT2D eigenvalue weighted by molar-refractivity contribution is 5.95. The van der Waals surface area contributed by atoms with Gasteiger partial charge in [-0.25, -0.2) is 4.79 Å². The second-order valence-electron chi connectivity index (χ2n) is 4.00. The van der Waals surface area contributed by atoms with Crippen LogP contribution >= 0.6 is 0 Å². The Morgan fingerprint density at radius 2 is 2.16 bits per heavy atom. The van der Waals surface area contributed by atoms with E-state index in [0.29, 0.717) is 37.7 Å². The van der Waals surface area contributed by atoms with E-state index in [2.05, 4.69) is 5.32 Å². The number of carbonyl (C=O) groups is 1. The molecular formula is C13H20N2O4. The minimum absolute atomic E-state index is 0.181. The van der Waals surface area contributed by atoms with Crippen molar-refractivity contribution < 1.29 is 19.4 Å². The predicted octanol–water partition coefficient (Wildman–Crippen LogP) is 1.43. The van der Waals surface area contributed by atoms with Crippen LogP contribution in [0.2, 0.25) is 0 Å². The highest BCUT2D eigenvalue weighted by Crippen LogP contribution is 2.18. The van der Waals surface area contributed by atoms with E-state index in [-0.39, 0.29) is 5.56 Å². The fourth-order valence-electron chi connectivity index (χ4n) is 1.53. The van der Waals surface area contributed by atoms with Crippen LogP contribution in [0.1, 0.15) is 16.8 Å². The molecule has 0 saturated carbocycles. The summed E-state index contributed by atoms with van der Waals surface area (Å²) in [5, 5.41) is 12.1. The van der Waals surface area contributed by atoms with Crippen molar-refractivity contribution in [1.82, 2.24) is 0 Å². The minimum atomic E-state index is -0.994. The van der Waals surface area contributed by atoms with Gasteiger partial charge < -0.3 is 25.6 Å². The zero-order valence-corrected chi connectivity index (χ0v) is 11.0. The number of nitrogen functional groups attached to an aromatic ring is 1. The second-order valence-corrected chi connectivity index (χ2v) is 4.00. The van der Waals surface area contributed by atoms with E-state index in [1.165, 1.54) is 6.07 Å². The molecule has 1 rings (SSSR count). The van der Waals surface area contributed by atoms with Gasteiger partial charge in [0, 0.05) is 31.6 Å². The normalized spacial score (nSPS) is 10.4. The maximum absolute atomic E-state index is 11.0. The Labute approximate surface area is 112 Å². The van der Waals surface area contributed by atoms with Crippen LogP contribution in [0.4, 0.5) is 11.4 Å². The van der Waals surface area contributed by atoms with Crippen LogP contribution in [0, 0.1) is 0 Å². The van der Waals surface area contributed by atoms with Gasteiger partial charge in [0.25, 0.3) is 0 Å². The monoisotopic (exact) mass is 268 g/mol. The first-order chi connectivity index (χ1) is 9.15. The molecule has 4 N–H and O–H groups in total. The van der Waals surface area contributed by atoms with Gasteiger partial charge in [0.05, 0.1) is 18.8 Å². The lowest BCUT2D eigenvalue weighted by Gasteiger charge is -2.10. The molecule has 0 spiro atoms. The molecule has 0 aliphatic rings. The fourth-order valence-corrected chi connectivity index (χ4v) is 1.53.